The van der Waals surface area contributed by atoms with Crippen LogP contribution in [0.1, 0.15) is 46.0 Å². The molecule has 1 rings (SSSR count). The van der Waals surface area contributed by atoms with Crippen LogP contribution in [0.4, 0.5) is 0 Å². The van der Waals surface area contributed by atoms with E-state index < -0.39 is 11.4 Å². The molecule has 2 N–H and O–H groups in total. The zero-order chi connectivity index (χ0) is 12.2. The number of carbonyl (C=O) groups is 2. The number of aliphatic carboxylic acids is 1. The second-order valence-corrected chi connectivity index (χ2v) is 4.22. The van der Waals surface area contributed by atoms with E-state index in [0.29, 0.717) is 18.6 Å². The van der Waals surface area contributed by atoms with Crippen LogP contribution in [0.2, 0.25) is 0 Å². The van der Waals surface area contributed by atoms with Gasteiger partial charge in [-0.1, -0.05) is 19.8 Å². The quantitative estimate of drug-likeness (QED) is 0.721. The number of carboxylic acids is 1. The highest BCUT2D eigenvalue weighted by Crippen LogP contribution is 2.35. The molecule has 0 aromatic heterocycles. The Morgan fingerprint density at radius 1 is 1.50 bits per heavy atom. The van der Waals surface area contributed by atoms with Crippen molar-refractivity contribution in [2.45, 2.75) is 46.0 Å². The highest BCUT2D eigenvalue weighted by Gasteiger charge is 2.44. The molecule has 1 atom stereocenters. The van der Waals surface area contributed by atoms with Gasteiger partial charge in [-0.2, -0.15) is 5.10 Å². The molecule has 16 heavy (non-hydrogen) atoms. The van der Waals surface area contributed by atoms with E-state index in [1.165, 1.54) is 0 Å². The van der Waals surface area contributed by atoms with Gasteiger partial charge in [-0.3, -0.25) is 9.59 Å². The minimum Gasteiger partial charge on any atom is -0.481 e. The van der Waals surface area contributed by atoms with Gasteiger partial charge in [-0.15, -0.1) is 0 Å². The van der Waals surface area contributed by atoms with E-state index in [9.17, 15) is 9.59 Å². The van der Waals surface area contributed by atoms with E-state index in [-0.39, 0.29) is 12.3 Å². The number of amides is 1. The maximum Gasteiger partial charge on any atom is 0.303 e. The monoisotopic (exact) mass is 226 g/mol. The third-order valence-corrected chi connectivity index (χ3v) is 3.18. The Labute approximate surface area is 94.9 Å². The number of hydrazone groups is 1. The van der Waals surface area contributed by atoms with E-state index in [1.54, 1.807) is 6.92 Å². The maximum absolute atomic E-state index is 11.8. The molecule has 0 aromatic rings. The fraction of sp³-hybridized carbons (Fsp3) is 0.727. The fourth-order valence-electron chi connectivity index (χ4n) is 2.03. The predicted molar refractivity (Wildman–Crippen MR) is 60.1 cm³/mol. The molecule has 0 fully saturated rings. The van der Waals surface area contributed by atoms with Crippen LogP contribution in [0.3, 0.4) is 0 Å². The SMILES string of the molecule is CCCC[C@]1(CCC(=O)O)C(=O)NN=C1C. The lowest BCUT2D eigenvalue weighted by molar-refractivity contribution is -0.138. The molecule has 0 radical (unpaired) electrons. The lowest BCUT2D eigenvalue weighted by Gasteiger charge is -2.25. The fourth-order valence-corrected chi connectivity index (χ4v) is 2.03. The van der Waals surface area contributed by atoms with Crippen LogP contribution in [-0.4, -0.2) is 22.7 Å². The van der Waals surface area contributed by atoms with Gasteiger partial charge >= 0.3 is 5.97 Å². The highest BCUT2D eigenvalue weighted by atomic mass is 16.4. The molecule has 0 bridgehead atoms. The average molecular weight is 226 g/mol. The van der Waals surface area contributed by atoms with Crippen molar-refractivity contribution >= 4 is 17.6 Å². The molecule has 90 valence electrons. The topological polar surface area (TPSA) is 78.8 Å². The Balaban J connectivity index is 2.79. The molecule has 0 saturated carbocycles. The molecule has 0 unspecified atom stereocenters. The van der Waals surface area contributed by atoms with Crippen molar-refractivity contribution in [1.29, 1.82) is 0 Å². The van der Waals surface area contributed by atoms with Crippen LogP contribution in [0.25, 0.3) is 0 Å². The predicted octanol–water partition coefficient (Wildman–Crippen LogP) is 1.53. The van der Waals surface area contributed by atoms with Gasteiger partial charge in [0, 0.05) is 6.42 Å². The van der Waals surface area contributed by atoms with E-state index in [1.807, 2.05) is 6.92 Å². The van der Waals surface area contributed by atoms with E-state index >= 15 is 0 Å². The van der Waals surface area contributed by atoms with Crippen molar-refractivity contribution in [1.82, 2.24) is 5.43 Å². The summed E-state index contributed by atoms with van der Waals surface area (Å²) in [5, 5.41) is 12.6. The second kappa shape index (κ2) is 5.09. The van der Waals surface area contributed by atoms with Crippen molar-refractivity contribution in [3.05, 3.63) is 0 Å². The summed E-state index contributed by atoms with van der Waals surface area (Å²) in [4.78, 5) is 22.4. The summed E-state index contributed by atoms with van der Waals surface area (Å²) in [6.45, 7) is 3.83. The Hall–Kier alpha value is -1.39. The number of rotatable bonds is 6. The molecular formula is C11H18N2O3. The normalized spacial score (nSPS) is 24.1. The Kier molecular flexibility index (Phi) is 4.04. The van der Waals surface area contributed by atoms with Crippen molar-refractivity contribution in [2.24, 2.45) is 10.5 Å². The number of hydrogen-bond donors (Lipinski definition) is 2. The molecule has 1 amide bonds. The van der Waals surface area contributed by atoms with Gasteiger partial charge < -0.3 is 5.11 Å². The largest absolute Gasteiger partial charge is 0.481 e. The summed E-state index contributed by atoms with van der Waals surface area (Å²) in [6.07, 6.45) is 2.90. The van der Waals surface area contributed by atoms with Crippen LogP contribution in [0.15, 0.2) is 5.10 Å². The van der Waals surface area contributed by atoms with E-state index in [0.717, 1.165) is 12.8 Å². The summed E-state index contributed by atoms with van der Waals surface area (Å²) in [6, 6.07) is 0. The third-order valence-electron chi connectivity index (χ3n) is 3.18. The van der Waals surface area contributed by atoms with Gasteiger partial charge in [0.1, 0.15) is 0 Å². The minimum absolute atomic E-state index is 0.00396. The molecule has 0 aromatic carbocycles. The van der Waals surface area contributed by atoms with Crippen LogP contribution >= 0.6 is 0 Å². The summed E-state index contributed by atoms with van der Waals surface area (Å²) in [5.41, 5.74) is 2.48. The van der Waals surface area contributed by atoms with Crippen molar-refractivity contribution in [3.63, 3.8) is 0 Å². The molecule has 0 aliphatic carbocycles. The van der Waals surface area contributed by atoms with Crippen LogP contribution in [0.5, 0.6) is 0 Å². The van der Waals surface area contributed by atoms with Gasteiger partial charge in [0.15, 0.2) is 0 Å². The number of nitrogens with one attached hydrogen (secondary N) is 1. The lowest BCUT2D eigenvalue weighted by Crippen LogP contribution is -2.37. The number of carboxylic acid groups (broad SMARTS) is 1. The first-order valence-corrected chi connectivity index (χ1v) is 5.60. The second-order valence-electron chi connectivity index (χ2n) is 4.22. The maximum atomic E-state index is 11.8. The van der Waals surface area contributed by atoms with Crippen molar-refractivity contribution in [2.75, 3.05) is 0 Å². The highest BCUT2D eigenvalue weighted by molar-refractivity contribution is 6.11. The van der Waals surface area contributed by atoms with Crippen molar-refractivity contribution in [3.8, 4) is 0 Å². The number of hydrogen-bond acceptors (Lipinski definition) is 3. The van der Waals surface area contributed by atoms with Gasteiger partial charge in [0.25, 0.3) is 5.91 Å². The molecule has 1 aliphatic heterocycles. The number of nitrogens with zero attached hydrogens (tertiary/aromatic N) is 1. The molecule has 0 spiro atoms. The molecule has 1 aliphatic rings. The Bertz CT molecular complexity index is 325. The molecule has 1 heterocycles. The number of carbonyl (C=O) groups excluding carboxylic acids is 1. The smallest absolute Gasteiger partial charge is 0.303 e. The van der Waals surface area contributed by atoms with Crippen molar-refractivity contribution < 1.29 is 14.7 Å². The third kappa shape index (κ3) is 2.40. The van der Waals surface area contributed by atoms with Crippen LogP contribution in [0, 0.1) is 5.41 Å². The lowest BCUT2D eigenvalue weighted by atomic mass is 9.75. The summed E-state index contributed by atoms with van der Waals surface area (Å²) < 4.78 is 0. The first-order chi connectivity index (χ1) is 7.53. The van der Waals surface area contributed by atoms with Gasteiger partial charge in [-0.05, 0) is 19.8 Å². The van der Waals surface area contributed by atoms with E-state index in [2.05, 4.69) is 10.5 Å². The Morgan fingerprint density at radius 2 is 2.19 bits per heavy atom. The van der Waals surface area contributed by atoms with Crippen LogP contribution in [-0.2, 0) is 9.59 Å². The standard InChI is InChI=1S/C11H18N2O3/c1-3-4-6-11(7-5-9(14)15)8(2)12-13-10(11)16/h3-7H2,1-2H3,(H,13,16)(H,14,15)/t11-/m1/s1. The zero-order valence-corrected chi connectivity index (χ0v) is 9.75. The molecule has 0 saturated heterocycles. The van der Waals surface area contributed by atoms with Gasteiger partial charge in [-0.25, -0.2) is 5.43 Å². The Morgan fingerprint density at radius 3 is 2.62 bits per heavy atom. The summed E-state index contributed by atoms with van der Waals surface area (Å²) in [7, 11) is 0. The van der Waals surface area contributed by atoms with Crippen LogP contribution < -0.4 is 5.43 Å². The average Bonchev–Trinajstić information content (AvgIpc) is 2.51. The summed E-state index contributed by atoms with van der Waals surface area (Å²) in [5.74, 6) is -1.02. The zero-order valence-electron chi connectivity index (χ0n) is 9.75. The first-order valence-electron chi connectivity index (χ1n) is 5.60. The number of unbranched alkanes of at least 4 members (excludes halogenated alkanes) is 1. The molecule has 5 heteroatoms. The molecule has 5 nitrogen and oxygen atoms in total. The van der Waals surface area contributed by atoms with Gasteiger partial charge in [0.05, 0.1) is 11.1 Å². The summed E-state index contributed by atoms with van der Waals surface area (Å²) >= 11 is 0. The van der Waals surface area contributed by atoms with Gasteiger partial charge in [0.2, 0.25) is 0 Å². The minimum atomic E-state index is -0.872. The molecular weight excluding hydrogens is 208 g/mol. The van der Waals surface area contributed by atoms with E-state index in [4.69, 9.17) is 5.11 Å². The first kappa shape index (κ1) is 12.7.